The molecule has 0 saturated heterocycles. The predicted octanol–water partition coefficient (Wildman–Crippen LogP) is 3.91. The summed E-state index contributed by atoms with van der Waals surface area (Å²) >= 11 is 2.73. The molecule has 0 unspecified atom stereocenters. The van der Waals surface area contributed by atoms with Crippen LogP contribution in [0.15, 0.2) is 64.4 Å². The smallest absolute Gasteiger partial charge is 0.323 e. The zero-order valence-corrected chi connectivity index (χ0v) is 15.1. The molecular formula is C17H15N5O2S2. The molecule has 0 saturated carbocycles. The number of nitrogens with one attached hydrogen (secondary N) is 3. The Hall–Kier alpha value is -2.91. The predicted molar refractivity (Wildman–Crippen MR) is 105 cm³/mol. The number of para-hydroxylation sites is 1. The lowest BCUT2D eigenvalue weighted by Gasteiger charge is -2.09. The van der Waals surface area contributed by atoms with Gasteiger partial charge >= 0.3 is 6.03 Å². The van der Waals surface area contributed by atoms with Gasteiger partial charge in [0.1, 0.15) is 5.51 Å². The Morgan fingerprint density at radius 3 is 2.12 bits per heavy atom. The number of carbonyl (C=O) groups is 2. The van der Waals surface area contributed by atoms with E-state index >= 15 is 0 Å². The van der Waals surface area contributed by atoms with Gasteiger partial charge in [-0.1, -0.05) is 41.3 Å². The normalized spacial score (nSPS) is 10.2. The van der Waals surface area contributed by atoms with Crippen LogP contribution in [0.5, 0.6) is 0 Å². The van der Waals surface area contributed by atoms with E-state index in [0.29, 0.717) is 17.1 Å². The second-order valence-electron chi connectivity index (χ2n) is 5.06. The number of thioether (sulfide) groups is 1. The van der Waals surface area contributed by atoms with E-state index in [4.69, 9.17) is 0 Å². The number of carbonyl (C=O) groups excluding carboxylic acids is 2. The van der Waals surface area contributed by atoms with Gasteiger partial charge in [-0.15, -0.1) is 10.2 Å². The zero-order chi connectivity index (χ0) is 18.2. The van der Waals surface area contributed by atoms with Crippen molar-refractivity contribution in [3.63, 3.8) is 0 Å². The van der Waals surface area contributed by atoms with Crippen LogP contribution in [0.2, 0.25) is 0 Å². The fourth-order valence-corrected chi connectivity index (χ4v) is 3.29. The van der Waals surface area contributed by atoms with E-state index in [2.05, 4.69) is 26.1 Å². The highest BCUT2D eigenvalue weighted by molar-refractivity contribution is 8.01. The van der Waals surface area contributed by atoms with Crippen molar-refractivity contribution in [3.05, 3.63) is 60.1 Å². The Bertz CT molecular complexity index is 855. The van der Waals surface area contributed by atoms with Crippen molar-refractivity contribution in [2.45, 2.75) is 4.34 Å². The third-order valence-corrected chi connectivity index (χ3v) is 4.99. The first-order valence-electron chi connectivity index (χ1n) is 7.61. The monoisotopic (exact) mass is 385 g/mol. The third-order valence-electron chi connectivity index (χ3n) is 3.12. The van der Waals surface area contributed by atoms with Crippen LogP contribution >= 0.6 is 23.1 Å². The zero-order valence-electron chi connectivity index (χ0n) is 13.5. The summed E-state index contributed by atoms with van der Waals surface area (Å²) in [6.45, 7) is 0. The number of benzene rings is 2. The van der Waals surface area contributed by atoms with Crippen molar-refractivity contribution in [2.75, 3.05) is 21.7 Å². The fraction of sp³-hybridized carbons (Fsp3) is 0.0588. The van der Waals surface area contributed by atoms with E-state index in [-0.39, 0.29) is 17.7 Å². The number of rotatable bonds is 6. The van der Waals surface area contributed by atoms with Crippen LogP contribution in [0.25, 0.3) is 0 Å². The van der Waals surface area contributed by atoms with Crippen LogP contribution in [0, 0.1) is 0 Å². The molecule has 0 aliphatic heterocycles. The molecular weight excluding hydrogens is 370 g/mol. The highest BCUT2D eigenvalue weighted by Gasteiger charge is 2.06. The number of hydrogen-bond donors (Lipinski definition) is 3. The lowest BCUT2D eigenvalue weighted by atomic mass is 10.3. The molecule has 3 amide bonds. The molecule has 0 aliphatic rings. The minimum atomic E-state index is -0.332. The molecule has 132 valence electrons. The maximum Gasteiger partial charge on any atom is 0.323 e. The van der Waals surface area contributed by atoms with Gasteiger partial charge in [0.05, 0.1) is 5.75 Å². The molecule has 3 N–H and O–H groups in total. The third kappa shape index (κ3) is 5.57. The summed E-state index contributed by atoms with van der Waals surface area (Å²) in [6.07, 6.45) is 0. The van der Waals surface area contributed by atoms with Gasteiger partial charge in [0.15, 0.2) is 4.34 Å². The average Bonchev–Trinajstić information content (AvgIpc) is 3.16. The van der Waals surface area contributed by atoms with Crippen LogP contribution in [-0.4, -0.2) is 27.9 Å². The van der Waals surface area contributed by atoms with E-state index in [1.807, 2.05) is 18.2 Å². The van der Waals surface area contributed by atoms with Gasteiger partial charge < -0.3 is 16.0 Å². The number of urea groups is 1. The van der Waals surface area contributed by atoms with Gasteiger partial charge in [-0.25, -0.2) is 4.79 Å². The minimum absolute atomic E-state index is 0.132. The molecule has 26 heavy (non-hydrogen) atoms. The fourth-order valence-electron chi connectivity index (χ4n) is 2.00. The molecule has 9 heteroatoms. The van der Waals surface area contributed by atoms with Crippen LogP contribution in [0.4, 0.5) is 21.9 Å². The van der Waals surface area contributed by atoms with Crippen molar-refractivity contribution < 1.29 is 9.59 Å². The van der Waals surface area contributed by atoms with Crippen molar-refractivity contribution in [1.82, 2.24) is 10.2 Å². The first kappa shape index (κ1) is 17.9. The van der Waals surface area contributed by atoms with Crippen molar-refractivity contribution in [1.29, 1.82) is 0 Å². The van der Waals surface area contributed by atoms with Gasteiger partial charge in [-0.05, 0) is 36.4 Å². The molecule has 7 nitrogen and oxygen atoms in total. The van der Waals surface area contributed by atoms with Crippen molar-refractivity contribution in [2.24, 2.45) is 0 Å². The van der Waals surface area contributed by atoms with Crippen LogP contribution in [-0.2, 0) is 4.79 Å². The number of amides is 3. The molecule has 0 fully saturated rings. The topological polar surface area (TPSA) is 96.0 Å². The molecule has 3 aromatic rings. The molecule has 0 atom stereocenters. The second-order valence-corrected chi connectivity index (χ2v) is 7.12. The highest BCUT2D eigenvalue weighted by atomic mass is 32.2. The molecule has 1 heterocycles. The molecule has 2 aromatic carbocycles. The lowest BCUT2D eigenvalue weighted by molar-refractivity contribution is -0.113. The number of hydrogen-bond acceptors (Lipinski definition) is 6. The maximum absolute atomic E-state index is 11.9. The maximum atomic E-state index is 11.9. The van der Waals surface area contributed by atoms with Crippen LogP contribution in [0.3, 0.4) is 0 Å². The molecule has 0 radical (unpaired) electrons. The van der Waals surface area contributed by atoms with E-state index in [9.17, 15) is 9.59 Å². The first-order valence-corrected chi connectivity index (χ1v) is 9.47. The SMILES string of the molecule is O=C(CSc1nncs1)Nc1ccc(NC(=O)Nc2ccccc2)cc1. The summed E-state index contributed by atoms with van der Waals surface area (Å²) in [5, 5.41) is 15.9. The van der Waals surface area contributed by atoms with Crippen LogP contribution < -0.4 is 16.0 Å². The van der Waals surface area contributed by atoms with E-state index in [1.54, 1.807) is 41.9 Å². The summed E-state index contributed by atoms with van der Waals surface area (Å²) in [7, 11) is 0. The molecule has 3 rings (SSSR count). The van der Waals surface area contributed by atoms with Gasteiger partial charge in [0.25, 0.3) is 0 Å². The summed E-state index contributed by atoms with van der Waals surface area (Å²) in [6, 6.07) is 15.7. The quantitative estimate of drug-likeness (QED) is 0.559. The Morgan fingerprint density at radius 2 is 1.50 bits per heavy atom. The summed E-state index contributed by atoms with van der Waals surface area (Å²) in [5.41, 5.74) is 3.61. The molecule has 0 bridgehead atoms. The van der Waals surface area contributed by atoms with Crippen molar-refractivity contribution in [3.8, 4) is 0 Å². The summed E-state index contributed by atoms with van der Waals surface area (Å²) in [4.78, 5) is 23.9. The van der Waals surface area contributed by atoms with E-state index < -0.39 is 0 Å². The lowest BCUT2D eigenvalue weighted by Crippen LogP contribution is -2.19. The van der Waals surface area contributed by atoms with Gasteiger partial charge in [0, 0.05) is 17.1 Å². The Balaban J connectivity index is 1.46. The van der Waals surface area contributed by atoms with Crippen LogP contribution in [0.1, 0.15) is 0 Å². The molecule has 0 aliphatic carbocycles. The average molecular weight is 385 g/mol. The van der Waals surface area contributed by atoms with Crippen molar-refractivity contribution >= 4 is 52.1 Å². The van der Waals surface area contributed by atoms with Gasteiger partial charge in [-0.3, -0.25) is 4.79 Å². The number of anilines is 3. The summed E-state index contributed by atoms with van der Waals surface area (Å²) in [5.74, 6) is 0.127. The number of aromatic nitrogens is 2. The molecule has 1 aromatic heterocycles. The standard InChI is InChI=1S/C17H15N5O2S2/c23-15(10-25-17-22-18-11-26-17)19-13-6-8-14(9-7-13)21-16(24)20-12-4-2-1-3-5-12/h1-9,11H,10H2,(H,19,23)(H2,20,21,24). The van der Waals surface area contributed by atoms with E-state index in [0.717, 1.165) is 4.34 Å². The largest absolute Gasteiger partial charge is 0.325 e. The summed E-state index contributed by atoms with van der Waals surface area (Å²) < 4.78 is 0.754. The highest BCUT2D eigenvalue weighted by Crippen LogP contribution is 2.19. The number of nitrogens with zero attached hydrogens (tertiary/aromatic N) is 2. The Labute approximate surface area is 158 Å². The second kappa shape index (κ2) is 8.97. The van der Waals surface area contributed by atoms with Gasteiger partial charge in [0.2, 0.25) is 5.91 Å². The first-order chi connectivity index (χ1) is 12.7. The Kier molecular flexibility index (Phi) is 6.18. The van der Waals surface area contributed by atoms with Gasteiger partial charge in [-0.2, -0.15) is 0 Å². The minimum Gasteiger partial charge on any atom is -0.325 e. The van der Waals surface area contributed by atoms with E-state index in [1.165, 1.54) is 23.1 Å². The molecule has 0 spiro atoms. The Morgan fingerprint density at radius 1 is 0.885 bits per heavy atom.